The summed E-state index contributed by atoms with van der Waals surface area (Å²) in [4.78, 5) is 26.9. The number of carbonyl (C=O) groups excluding carboxylic acids is 2. The predicted molar refractivity (Wildman–Crippen MR) is 100 cm³/mol. The normalized spacial score (nSPS) is 23.4. The highest BCUT2D eigenvalue weighted by atomic mass is 35.5. The number of halogens is 3. The molecule has 0 saturated carbocycles. The largest absolute Gasteiger partial charge is 0.464 e. The Morgan fingerprint density at radius 2 is 1.76 bits per heavy atom. The zero-order chi connectivity index (χ0) is 18.7. The SMILES string of the molecule is CCOC(=O)C1CC(C)CC(C)N1C(=O)Cc1c(Cl)cc(Cl)cc1Cl. The zero-order valence-corrected chi connectivity index (χ0v) is 16.8. The maximum Gasteiger partial charge on any atom is 0.328 e. The molecule has 3 atom stereocenters. The third-order valence-corrected chi connectivity index (χ3v) is 5.35. The number of rotatable bonds is 4. The number of likely N-dealkylation sites (tertiary alicyclic amines) is 1. The molecule has 2 rings (SSSR count). The Bertz CT molecular complexity index is 642. The number of benzene rings is 1. The van der Waals surface area contributed by atoms with Gasteiger partial charge >= 0.3 is 5.97 Å². The van der Waals surface area contributed by atoms with Crippen LogP contribution in [0, 0.1) is 5.92 Å². The molecule has 0 N–H and O–H groups in total. The van der Waals surface area contributed by atoms with Crippen molar-refractivity contribution in [2.45, 2.75) is 52.1 Å². The van der Waals surface area contributed by atoms with E-state index in [1.165, 1.54) is 0 Å². The summed E-state index contributed by atoms with van der Waals surface area (Å²) in [7, 11) is 0. The summed E-state index contributed by atoms with van der Waals surface area (Å²) in [6.07, 6.45) is 1.45. The standard InChI is InChI=1S/C18H22Cl3NO3/c1-4-25-18(24)16-6-10(2)5-11(3)22(16)17(23)9-13-14(20)7-12(19)8-15(13)21/h7-8,10-11,16H,4-6,9H2,1-3H3. The van der Waals surface area contributed by atoms with Gasteiger partial charge in [-0.15, -0.1) is 0 Å². The fraction of sp³-hybridized carbons (Fsp3) is 0.556. The molecule has 1 fully saturated rings. The number of amides is 1. The molecule has 7 heteroatoms. The Balaban J connectivity index is 2.26. The Hall–Kier alpha value is -0.970. The Morgan fingerprint density at radius 3 is 2.32 bits per heavy atom. The molecule has 0 spiro atoms. The second kappa shape index (κ2) is 8.61. The number of hydrogen-bond acceptors (Lipinski definition) is 3. The summed E-state index contributed by atoms with van der Waals surface area (Å²) >= 11 is 18.3. The minimum absolute atomic E-state index is 0.0173. The van der Waals surface area contributed by atoms with Crippen molar-refractivity contribution in [1.82, 2.24) is 4.90 Å². The smallest absolute Gasteiger partial charge is 0.328 e. The van der Waals surface area contributed by atoms with Crippen LogP contribution in [0.5, 0.6) is 0 Å². The number of carbonyl (C=O) groups is 2. The second-order valence-electron chi connectivity index (χ2n) is 6.52. The minimum atomic E-state index is -0.573. The van der Waals surface area contributed by atoms with Crippen LogP contribution in [0.3, 0.4) is 0 Å². The van der Waals surface area contributed by atoms with E-state index in [1.807, 2.05) is 6.92 Å². The fourth-order valence-corrected chi connectivity index (χ4v) is 4.40. The van der Waals surface area contributed by atoms with Gasteiger partial charge < -0.3 is 9.64 Å². The van der Waals surface area contributed by atoms with Gasteiger partial charge in [0.2, 0.25) is 5.91 Å². The Labute approximate surface area is 163 Å². The first kappa shape index (κ1) is 20.3. The highest BCUT2D eigenvalue weighted by Gasteiger charge is 2.39. The van der Waals surface area contributed by atoms with Crippen LogP contribution in [-0.4, -0.2) is 35.5 Å². The summed E-state index contributed by atoms with van der Waals surface area (Å²) in [6, 6.07) is 2.48. The van der Waals surface area contributed by atoms with Crippen molar-refractivity contribution in [2.24, 2.45) is 5.92 Å². The van der Waals surface area contributed by atoms with Crippen LogP contribution in [0.15, 0.2) is 12.1 Å². The number of hydrogen-bond donors (Lipinski definition) is 0. The van der Waals surface area contributed by atoms with Crippen molar-refractivity contribution in [3.8, 4) is 0 Å². The average molecular weight is 407 g/mol. The summed E-state index contributed by atoms with van der Waals surface area (Å²) in [5.74, 6) is -0.206. The van der Waals surface area contributed by atoms with E-state index in [4.69, 9.17) is 39.5 Å². The van der Waals surface area contributed by atoms with E-state index in [-0.39, 0.29) is 30.9 Å². The van der Waals surface area contributed by atoms with Crippen molar-refractivity contribution in [1.29, 1.82) is 0 Å². The molecule has 1 aromatic rings. The van der Waals surface area contributed by atoms with Gasteiger partial charge in [-0.2, -0.15) is 0 Å². The highest BCUT2D eigenvalue weighted by Crippen LogP contribution is 2.32. The zero-order valence-electron chi connectivity index (χ0n) is 14.5. The Morgan fingerprint density at radius 1 is 1.16 bits per heavy atom. The van der Waals surface area contributed by atoms with Crippen LogP contribution < -0.4 is 0 Å². The van der Waals surface area contributed by atoms with Gasteiger partial charge in [-0.3, -0.25) is 4.79 Å². The lowest BCUT2D eigenvalue weighted by Crippen LogP contribution is -2.55. The van der Waals surface area contributed by atoms with Gasteiger partial charge in [-0.1, -0.05) is 41.7 Å². The topological polar surface area (TPSA) is 46.6 Å². The van der Waals surface area contributed by atoms with E-state index in [2.05, 4.69) is 6.92 Å². The Kier molecular flexibility index (Phi) is 7.01. The van der Waals surface area contributed by atoms with E-state index >= 15 is 0 Å². The van der Waals surface area contributed by atoms with Gasteiger partial charge in [0.05, 0.1) is 13.0 Å². The molecule has 1 heterocycles. The molecule has 0 aromatic heterocycles. The number of piperidine rings is 1. The van der Waals surface area contributed by atoms with Gasteiger partial charge in [0.25, 0.3) is 0 Å². The first-order chi connectivity index (χ1) is 11.7. The molecule has 25 heavy (non-hydrogen) atoms. The van der Waals surface area contributed by atoms with Crippen LogP contribution in [-0.2, 0) is 20.7 Å². The van der Waals surface area contributed by atoms with Gasteiger partial charge in [0.1, 0.15) is 6.04 Å². The third kappa shape index (κ3) is 4.81. The van der Waals surface area contributed by atoms with Gasteiger partial charge in [0, 0.05) is 21.1 Å². The van der Waals surface area contributed by atoms with E-state index < -0.39 is 6.04 Å². The predicted octanol–water partition coefficient (Wildman–Crippen LogP) is 4.77. The molecule has 138 valence electrons. The molecule has 1 aromatic carbocycles. The van der Waals surface area contributed by atoms with Crippen LogP contribution in [0.4, 0.5) is 0 Å². The molecule has 3 unspecified atom stereocenters. The monoisotopic (exact) mass is 405 g/mol. The molecular weight excluding hydrogens is 385 g/mol. The molecular formula is C18H22Cl3NO3. The molecule has 1 aliphatic heterocycles. The molecule has 0 radical (unpaired) electrons. The lowest BCUT2D eigenvalue weighted by Gasteiger charge is -2.42. The van der Waals surface area contributed by atoms with Crippen LogP contribution in [0.2, 0.25) is 15.1 Å². The maximum absolute atomic E-state index is 13.0. The summed E-state index contributed by atoms with van der Waals surface area (Å²) < 4.78 is 5.17. The van der Waals surface area contributed by atoms with Gasteiger partial charge in [-0.25, -0.2) is 4.79 Å². The summed E-state index contributed by atoms with van der Waals surface area (Å²) in [6.45, 7) is 6.07. The molecule has 1 amide bonds. The molecule has 0 bridgehead atoms. The van der Waals surface area contributed by atoms with Crippen molar-refractivity contribution in [2.75, 3.05) is 6.61 Å². The average Bonchev–Trinajstić information content (AvgIpc) is 2.50. The van der Waals surface area contributed by atoms with E-state index in [9.17, 15) is 9.59 Å². The quantitative estimate of drug-likeness (QED) is 0.677. The summed E-state index contributed by atoms with van der Waals surface area (Å²) in [5.41, 5.74) is 0.520. The first-order valence-electron chi connectivity index (χ1n) is 8.35. The molecule has 0 aliphatic carbocycles. The first-order valence-corrected chi connectivity index (χ1v) is 9.49. The van der Waals surface area contributed by atoms with Gasteiger partial charge in [0.15, 0.2) is 0 Å². The molecule has 1 aliphatic rings. The lowest BCUT2D eigenvalue weighted by molar-refractivity contribution is -0.160. The second-order valence-corrected chi connectivity index (χ2v) is 7.77. The minimum Gasteiger partial charge on any atom is -0.464 e. The van der Waals surface area contributed by atoms with Crippen LogP contribution >= 0.6 is 34.8 Å². The number of nitrogens with zero attached hydrogens (tertiary/aromatic N) is 1. The third-order valence-electron chi connectivity index (χ3n) is 4.46. The van der Waals surface area contributed by atoms with Crippen LogP contribution in [0.25, 0.3) is 0 Å². The van der Waals surface area contributed by atoms with Crippen LogP contribution in [0.1, 0.15) is 39.2 Å². The van der Waals surface area contributed by atoms with E-state index in [0.29, 0.717) is 33.0 Å². The maximum atomic E-state index is 13.0. The van der Waals surface area contributed by atoms with E-state index in [0.717, 1.165) is 6.42 Å². The number of ether oxygens (including phenoxy) is 1. The van der Waals surface area contributed by atoms with Gasteiger partial charge in [-0.05, 0) is 50.3 Å². The highest BCUT2D eigenvalue weighted by molar-refractivity contribution is 6.39. The molecule has 4 nitrogen and oxygen atoms in total. The summed E-state index contributed by atoms with van der Waals surface area (Å²) in [5, 5.41) is 1.10. The van der Waals surface area contributed by atoms with E-state index in [1.54, 1.807) is 24.0 Å². The number of esters is 1. The van der Waals surface area contributed by atoms with Crippen molar-refractivity contribution >= 4 is 46.7 Å². The van der Waals surface area contributed by atoms with Crippen molar-refractivity contribution in [3.63, 3.8) is 0 Å². The fourth-order valence-electron chi connectivity index (χ4n) is 3.45. The molecule has 1 saturated heterocycles. The van der Waals surface area contributed by atoms with Crippen molar-refractivity contribution in [3.05, 3.63) is 32.8 Å². The lowest BCUT2D eigenvalue weighted by atomic mass is 9.87. The van der Waals surface area contributed by atoms with Crippen molar-refractivity contribution < 1.29 is 14.3 Å².